The van der Waals surface area contributed by atoms with E-state index < -0.39 is 5.41 Å². The predicted molar refractivity (Wildman–Crippen MR) is 254 cm³/mol. The van der Waals surface area contributed by atoms with Gasteiger partial charge in [-0.3, -0.25) is 0 Å². The van der Waals surface area contributed by atoms with E-state index in [9.17, 15) is 0 Å². The highest BCUT2D eigenvalue weighted by molar-refractivity contribution is 6.22. The maximum atomic E-state index is 5.37. The van der Waals surface area contributed by atoms with Crippen LogP contribution in [0.3, 0.4) is 0 Å². The van der Waals surface area contributed by atoms with E-state index in [-0.39, 0.29) is 0 Å². The topological polar surface area (TPSA) is 25.8 Å². The van der Waals surface area contributed by atoms with Crippen LogP contribution in [0.2, 0.25) is 0 Å². The molecule has 1 aliphatic carbocycles. The molecule has 0 bridgehead atoms. The molecule has 1 aromatic heterocycles. The van der Waals surface area contributed by atoms with Crippen molar-refractivity contribution in [2.24, 2.45) is 0 Å². The van der Waals surface area contributed by atoms with E-state index in [0.717, 1.165) is 28.1 Å². The van der Waals surface area contributed by atoms with Gasteiger partial charge in [0.05, 0.1) is 16.8 Å². The Labute approximate surface area is 355 Å². The molecule has 11 aromatic rings. The van der Waals surface area contributed by atoms with Gasteiger partial charge < -0.3 is 0 Å². The summed E-state index contributed by atoms with van der Waals surface area (Å²) in [7, 11) is 0. The molecule has 0 atom stereocenters. The van der Waals surface area contributed by atoms with E-state index in [0.29, 0.717) is 5.82 Å². The summed E-state index contributed by atoms with van der Waals surface area (Å²) in [6, 6.07) is 83.5. The van der Waals surface area contributed by atoms with Crippen molar-refractivity contribution in [2.45, 2.75) is 5.41 Å². The SMILES string of the molecule is c1ccc(-c2cc(-c3ccc4c(c3)-c3ccccc3C4(c3ccccc3)c3ccccc3)nc(-c3ccc(-c4c5ccccc5cc5ccc6ccccc6c45)cc3)n2)cc1. The Morgan fingerprint density at radius 1 is 0.311 bits per heavy atom. The van der Waals surface area contributed by atoms with Crippen LogP contribution in [-0.2, 0) is 5.41 Å². The van der Waals surface area contributed by atoms with Gasteiger partial charge in [-0.05, 0) is 95.0 Å². The Morgan fingerprint density at radius 3 is 1.59 bits per heavy atom. The van der Waals surface area contributed by atoms with Gasteiger partial charge in [0.15, 0.2) is 5.82 Å². The largest absolute Gasteiger partial charge is 0.228 e. The van der Waals surface area contributed by atoms with Crippen LogP contribution in [0.1, 0.15) is 22.3 Å². The fourth-order valence-corrected chi connectivity index (χ4v) is 10.0. The summed E-state index contributed by atoms with van der Waals surface area (Å²) in [6.07, 6.45) is 0. The van der Waals surface area contributed by atoms with E-state index in [1.54, 1.807) is 0 Å². The van der Waals surface area contributed by atoms with Gasteiger partial charge >= 0.3 is 0 Å². The van der Waals surface area contributed by atoms with Crippen LogP contribution in [0.4, 0.5) is 0 Å². The van der Waals surface area contributed by atoms with E-state index >= 15 is 0 Å². The summed E-state index contributed by atoms with van der Waals surface area (Å²) in [4.78, 5) is 10.6. The summed E-state index contributed by atoms with van der Waals surface area (Å²) in [5.41, 5.74) is 14.3. The molecule has 0 saturated heterocycles. The molecule has 2 nitrogen and oxygen atoms in total. The molecule has 0 unspecified atom stereocenters. The third kappa shape index (κ3) is 5.57. The Morgan fingerprint density at radius 2 is 0.852 bits per heavy atom. The molecule has 12 rings (SSSR count). The molecule has 0 radical (unpaired) electrons. The van der Waals surface area contributed by atoms with Crippen molar-refractivity contribution in [1.29, 1.82) is 0 Å². The fourth-order valence-electron chi connectivity index (χ4n) is 10.0. The van der Waals surface area contributed by atoms with Crippen molar-refractivity contribution < 1.29 is 0 Å². The molecule has 0 aliphatic heterocycles. The number of nitrogens with zero attached hydrogens (tertiary/aromatic N) is 2. The first-order valence-corrected chi connectivity index (χ1v) is 21.0. The molecule has 10 aromatic carbocycles. The molecular weight excluding hydrogens is 737 g/mol. The Balaban J connectivity index is 1.03. The Kier molecular flexibility index (Phi) is 8.11. The zero-order valence-corrected chi connectivity index (χ0v) is 33.3. The van der Waals surface area contributed by atoms with Crippen LogP contribution in [-0.4, -0.2) is 9.97 Å². The number of rotatable bonds is 6. The molecule has 0 N–H and O–H groups in total. The minimum atomic E-state index is -0.456. The number of hydrogen-bond acceptors (Lipinski definition) is 2. The predicted octanol–water partition coefficient (Wildman–Crippen LogP) is 15.0. The Bertz CT molecular complexity index is 3410. The summed E-state index contributed by atoms with van der Waals surface area (Å²) in [5.74, 6) is 0.694. The zero-order chi connectivity index (χ0) is 40.3. The molecule has 0 saturated carbocycles. The van der Waals surface area contributed by atoms with Crippen LogP contribution in [0, 0.1) is 0 Å². The summed E-state index contributed by atoms with van der Waals surface area (Å²) < 4.78 is 0. The van der Waals surface area contributed by atoms with Gasteiger partial charge in [0, 0.05) is 16.7 Å². The van der Waals surface area contributed by atoms with Crippen molar-refractivity contribution in [1.82, 2.24) is 9.97 Å². The molecule has 0 fully saturated rings. The second kappa shape index (κ2) is 14.1. The molecule has 0 amide bonds. The maximum absolute atomic E-state index is 5.37. The summed E-state index contributed by atoms with van der Waals surface area (Å²) in [6.45, 7) is 0. The fraction of sp³-hybridized carbons (Fsp3) is 0.0169. The minimum Gasteiger partial charge on any atom is -0.228 e. The van der Waals surface area contributed by atoms with Gasteiger partial charge in [-0.2, -0.15) is 0 Å². The van der Waals surface area contributed by atoms with Crippen molar-refractivity contribution in [3.63, 3.8) is 0 Å². The van der Waals surface area contributed by atoms with E-state index in [4.69, 9.17) is 9.97 Å². The van der Waals surface area contributed by atoms with Gasteiger partial charge in [-0.25, -0.2) is 9.97 Å². The van der Waals surface area contributed by atoms with Crippen LogP contribution in [0.25, 0.3) is 88.5 Å². The first kappa shape index (κ1) is 35.0. The highest BCUT2D eigenvalue weighted by Crippen LogP contribution is 2.56. The lowest BCUT2D eigenvalue weighted by molar-refractivity contribution is 0.768. The van der Waals surface area contributed by atoms with Gasteiger partial charge in [0.25, 0.3) is 0 Å². The van der Waals surface area contributed by atoms with Crippen LogP contribution in [0.5, 0.6) is 0 Å². The first-order chi connectivity index (χ1) is 30.2. The normalized spacial score (nSPS) is 12.7. The first-order valence-electron chi connectivity index (χ1n) is 21.0. The van der Waals surface area contributed by atoms with E-state index in [2.05, 4.69) is 231 Å². The quantitative estimate of drug-likeness (QED) is 0.124. The van der Waals surface area contributed by atoms with Crippen molar-refractivity contribution in [2.75, 3.05) is 0 Å². The zero-order valence-electron chi connectivity index (χ0n) is 33.3. The maximum Gasteiger partial charge on any atom is 0.160 e. The lowest BCUT2D eigenvalue weighted by atomic mass is 9.67. The van der Waals surface area contributed by atoms with E-state index in [1.807, 2.05) is 0 Å². The molecule has 1 heterocycles. The minimum absolute atomic E-state index is 0.456. The molecular formula is C59H38N2. The van der Waals surface area contributed by atoms with E-state index in [1.165, 1.54) is 76.8 Å². The molecule has 0 spiro atoms. The summed E-state index contributed by atoms with van der Waals surface area (Å²) >= 11 is 0. The standard InChI is InChI=1S/C59H38N2/c1-4-17-40(18-5-1)54-38-55(44-34-35-53-51(37-44)50-26-14-15-27-52(50)59(53,46-20-6-2-7-21-46)47-22-8-3-9-23-47)61-58(60-54)42-31-29-41(30-32-42)56-49-25-13-11-19-43(49)36-45-33-28-39-16-10-12-24-48(39)57(45)56/h1-38H. The molecule has 61 heavy (non-hydrogen) atoms. The van der Waals surface area contributed by atoms with Crippen LogP contribution >= 0.6 is 0 Å². The van der Waals surface area contributed by atoms with Gasteiger partial charge in [0.2, 0.25) is 0 Å². The molecule has 2 heteroatoms. The third-order valence-electron chi connectivity index (χ3n) is 12.7. The monoisotopic (exact) mass is 774 g/mol. The number of fused-ring (bicyclic) bond motifs is 7. The lowest BCUT2D eigenvalue weighted by Gasteiger charge is -2.33. The highest BCUT2D eigenvalue weighted by Gasteiger charge is 2.46. The van der Waals surface area contributed by atoms with Gasteiger partial charge in [-0.15, -0.1) is 0 Å². The second-order valence-electron chi connectivity index (χ2n) is 16.1. The van der Waals surface area contributed by atoms with Crippen LogP contribution < -0.4 is 0 Å². The van der Waals surface area contributed by atoms with Crippen molar-refractivity contribution in [3.05, 3.63) is 253 Å². The Hall–Kier alpha value is -7.94. The number of benzene rings is 10. The van der Waals surface area contributed by atoms with Gasteiger partial charge in [-0.1, -0.05) is 212 Å². The average molecular weight is 775 g/mol. The van der Waals surface area contributed by atoms with Crippen LogP contribution in [0.15, 0.2) is 231 Å². The summed E-state index contributed by atoms with van der Waals surface area (Å²) in [5, 5.41) is 7.48. The van der Waals surface area contributed by atoms with Crippen molar-refractivity contribution >= 4 is 32.3 Å². The average Bonchev–Trinajstić information content (AvgIpc) is 3.64. The molecule has 284 valence electrons. The lowest BCUT2D eigenvalue weighted by Crippen LogP contribution is -2.28. The second-order valence-corrected chi connectivity index (χ2v) is 16.1. The highest BCUT2D eigenvalue weighted by atomic mass is 14.9. The van der Waals surface area contributed by atoms with Crippen molar-refractivity contribution in [3.8, 4) is 56.2 Å². The molecule has 1 aliphatic rings. The third-order valence-corrected chi connectivity index (χ3v) is 12.7. The smallest absolute Gasteiger partial charge is 0.160 e. The van der Waals surface area contributed by atoms with Gasteiger partial charge in [0.1, 0.15) is 0 Å². The number of aromatic nitrogens is 2. The number of hydrogen-bond donors (Lipinski definition) is 0.